The van der Waals surface area contributed by atoms with E-state index in [1.54, 1.807) is 0 Å². The summed E-state index contributed by atoms with van der Waals surface area (Å²) in [5, 5.41) is 5.23. The monoisotopic (exact) mass is 273 g/mol. The van der Waals surface area contributed by atoms with E-state index < -0.39 is 0 Å². The zero-order chi connectivity index (χ0) is 15.0. The van der Waals surface area contributed by atoms with E-state index in [9.17, 15) is 9.59 Å². The standard InChI is InChI=1S/C15H19N3O2/c1-3-13-9-12(5-4-8-16)6-7-14(13)18-15(20)10-17-11(2)19/h6-7,9H,3,8,10,16H2,1-2H3,(H,17,19)(H,18,20). The molecule has 0 aromatic heterocycles. The number of nitrogens with one attached hydrogen (secondary N) is 2. The van der Waals surface area contributed by atoms with E-state index in [0.29, 0.717) is 6.54 Å². The second kappa shape index (κ2) is 7.97. The maximum Gasteiger partial charge on any atom is 0.243 e. The highest BCUT2D eigenvalue weighted by Crippen LogP contribution is 2.17. The molecule has 1 rings (SSSR count). The van der Waals surface area contributed by atoms with Gasteiger partial charge in [-0.05, 0) is 30.2 Å². The topological polar surface area (TPSA) is 84.2 Å². The van der Waals surface area contributed by atoms with E-state index in [2.05, 4.69) is 22.5 Å². The molecule has 0 spiro atoms. The van der Waals surface area contributed by atoms with Gasteiger partial charge in [-0.15, -0.1) is 0 Å². The van der Waals surface area contributed by atoms with Gasteiger partial charge in [0.05, 0.1) is 13.1 Å². The van der Waals surface area contributed by atoms with Crippen LogP contribution < -0.4 is 16.4 Å². The Hall–Kier alpha value is -2.32. The molecule has 0 saturated heterocycles. The quantitative estimate of drug-likeness (QED) is 0.704. The third-order valence-corrected chi connectivity index (χ3v) is 2.59. The zero-order valence-electron chi connectivity index (χ0n) is 11.7. The first kappa shape index (κ1) is 15.7. The van der Waals surface area contributed by atoms with Crippen molar-refractivity contribution in [3.8, 4) is 11.8 Å². The number of hydrogen-bond donors (Lipinski definition) is 3. The Bertz CT molecular complexity index is 556. The van der Waals surface area contributed by atoms with Crippen LogP contribution >= 0.6 is 0 Å². The third-order valence-electron chi connectivity index (χ3n) is 2.59. The Morgan fingerprint density at radius 2 is 2.10 bits per heavy atom. The van der Waals surface area contributed by atoms with E-state index in [0.717, 1.165) is 23.2 Å². The Kier molecular flexibility index (Phi) is 6.27. The molecule has 0 radical (unpaired) electrons. The molecule has 4 N–H and O–H groups in total. The molecule has 0 bridgehead atoms. The lowest BCUT2D eigenvalue weighted by atomic mass is 10.1. The second-order valence-corrected chi connectivity index (χ2v) is 4.19. The molecule has 0 heterocycles. The Morgan fingerprint density at radius 1 is 1.35 bits per heavy atom. The van der Waals surface area contributed by atoms with E-state index >= 15 is 0 Å². The van der Waals surface area contributed by atoms with Crippen LogP contribution in [0.5, 0.6) is 0 Å². The minimum absolute atomic E-state index is 0.0345. The Balaban J connectivity index is 2.79. The van der Waals surface area contributed by atoms with Gasteiger partial charge in [-0.1, -0.05) is 18.8 Å². The molecule has 0 aliphatic carbocycles. The van der Waals surface area contributed by atoms with Gasteiger partial charge in [-0.25, -0.2) is 0 Å². The molecule has 0 aliphatic heterocycles. The van der Waals surface area contributed by atoms with Gasteiger partial charge >= 0.3 is 0 Å². The summed E-state index contributed by atoms with van der Waals surface area (Å²) in [6, 6.07) is 5.57. The van der Waals surface area contributed by atoms with Crippen molar-refractivity contribution in [2.24, 2.45) is 5.73 Å². The molecule has 0 aliphatic rings. The van der Waals surface area contributed by atoms with Crippen molar-refractivity contribution in [2.45, 2.75) is 20.3 Å². The lowest BCUT2D eigenvalue weighted by molar-refractivity contribution is -0.122. The van der Waals surface area contributed by atoms with E-state index in [-0.39, 0.29) is 18.4 Å². The predicted molar refractivity (Wildman–Crippen MR) is 79.1 cm³/mol. The lowest BCUT2D eigenvalue weighted by Crippen LogP contribution is -2.31. The minimum atomic E-state index is -0.254. The van der Waals surface area contributed by atoms with Crippen LogP contribution in [0.25, 0.3) is 0 Å². The van der Waals surface area contributed by atoms with Crippen LogP contribution in [-0.2, 0) is 16.0 Å². The second-order valence-electron chi connectivity index (χ2n) is 4.19. The minimum Gasteiger partial charge on any atom is -0.347 e. The fourth-order valence-corrected chi connectivity index (χ4v) is 1.64. The van der Waals surface area contributed by atoms with Crippen LogP contribution in [0.15, 0.2) is 18.2 Å². The van der Waals surface area contributed by atoms with Gasteiger partial charge in [0.1, 0.15) is 0 Å². The summed E-state index contributed by atoms with van der Waals surface area (Å²) in [5.74, 6) is 5.26. The van der Waals surface area contributed by atoms with Crippen LogP contribution in [-0.4, -0.2) is 24.9 Å². The predicted octanol–water partition coefficient (Wildman–Crippen LogP) is 0.634. The van der Waals surface area contributed by atoms with Crippen LogP contribution in [0, 0.1) is 11.8 Å². The fourth-order valence-electron chi connectivity index (χ4n) is 1.64. The largest absolute Gasteiger partial charge is 0.347 e. The fraction of sp³-hybridized carbons (Fsp3) is 0.333. The lowest BCUT2D eigenvalue weighted by Gasteiger charge is -2.10. The first-order valence-electron chi connectivity index (χ1n) is 6.43. The molecule has 0 fully saturated rings. The molecule has 0 atom stereocenters. The maximum atomic E-state index is 11.7. The molecule has 5 nitrogen and oxygen atoms in total. The molecule has 2 amide bonds. The average molecular weight is 273 g/mol. The summed E-state index contributed by atoms with van der Waals surface area (Å²) in [4.78, 5) is 22.4. The molecular weight excluding hydrogens is 254 g/mol. The number of amides is 2. The molecule has 1 aromatic carbocycles. The summed E-state index contributed by atoms with van der Waals surface area (Å²) in [6.07, 6.45) is 0.772. The number of rotatable bonds is 4. The number of anilines is 1. The molecule has 106 valence electrons. The van der Waals surface area contributed by atoms with Crippen molar-refractivity contribution in [3.63, 3.8) is 0 Å². The maximum absolute atomic E-state index is 11.7. The average Bonchev–Trinajstić information content (AvgIpc) is 2.44. The summed E-state index contributed by atoms with van der Waals surface area (Å²) in [5.41, 5.74) is 7.93. The highest BCUT2D eigenvalue weighted by molar-refractivity contribution is 5.94. The summed E-state index contributed by atoms with van der Waals surface area (Å²) < 4.78 is 0. The summed E-state index contributed by atoms with van der Waals surface area (Å²) >= 11 is 0. The summed E-state index contributed by atoms with van der Waals surface area (Å²) in [7, 11) is 0. The molecule has 0 unspecified atom stereocenters. The van der Waals surface area contributed by atoms with Crippen LogP contribution in [0.3, 0.4) is 0 Å². The molecule has 20 heavy (non-hydrogen) atoms. The van der Waals surface area contributed by atoms with Crippen molar-refractivity contribution in [2.75, 3.05) is 18.4 Å². The molecule has 0 saturated carbocycles. The van der Waals surface area contributed by atoms with Crippen molar-refractivity contribution in [1.29, 1.82) is 0 Å². The van der Waals surface area contributed by atoms with Gasteiger partial charge in [-0.2, -0.15) is 0 Å². The van der Waals surface area contributed by atoms with Gasteiger partial charge < -0.3 is 16.4 Å². The van der Waals surface area contributed by atoms with Gasteiger partial charge in [0, 0.05) is 18.2 Å². The molecule has 1 aromatic rings. The van der Waals surface area contributed by atoms with Crippen molar-refractivity contribution in [3.05, 3.63) is 29.3 Å². The van der Waals surface area contributed by atoms with Crippen LogP contribution in [0.1, 0.15) is 25.0 Å². The highest BCUT2D eigenvalue weighted by atomic mass is 16.2. The van der Waals surface area contributed by atoms with Gasteiger partial charge in [0.15, 0.2) is 0 Å². The number of carbonyl (C=O) groups excluding carboxylic acids is 2. The van der Waals surface area contributed by atoms with Crippen molar-refractivity contribution in [1.82, 2.24) is 5.32 Å². The normalized spacial score (nSPS) is 9.35. The Labute approximate surface area is 118 Å². The molecule has 5 heteroatoms. The SMILES string of the molecule is CCc1cc(C#CCN)ccc1NC(=O)CNC(C)=O. The number of hydrogen-bond acceptors (Lipinski definition) is 3. The summed E-state index contributed by atoms with van der Waals surface area (Å²) in [6.45, 7) is 3.65. The van der Waals surface area contributed by atoms with Crippen LogP contribution in [0.4, 0.5) is 5.69 Å². The van der Waals surface area contributed by atoms with Crippen molar-refractivity contribution < 1.29 is 9.59 Å². The number of aryl methyl sites for hydroxylation is 1. The van der Waals surface area contributed by atoms with Gasteiger partial charge in [0.2, 0.25) is 11.8 Å². The first-order valence-corrected chi connectivity index (χ1v) is 6.43. The molecular formula is C15H19N3O2. The Morgan fingerprint density at radius 3 is 2.70 bits per heavy atom. The number of nitrogens with two attached hydrogens (primary N) is 1. The van der Waals surface area contributed by atoms with Gasteiger partial charge in [0.25, 0.3) is 0 Å². The number of benzene rings is 1. The van der Waals surface area contributed by atoms with Gasteiger partial charge in [-0.3, -0.25) is 9.59 Å². The smallest absolute Gasteiger partial charge is 0.243 e. The van der Waals surface area contributed by atoms with E-state index in [1.807, 2.05) is 25.1 Å². The van der Waals surface area contributed by atoms with E-state index in [4.69, 9.17) is 5.73 Å². The van der Waals surface area contributed by atoms with Crippen LogP contribution in [0.2, 0.25) is 0 Å². The van der Waals surface area contributed by atoms with Crippen molar-refractivity contribution >= 4 is 17.5 Å². The van der Waals surface area contributed by atoms with E-state index in [1.165, 1.54) is 6.92 Å². The highest BCUT2D eigenvalue weighted by Gasteiger charge is 2.07. The number of carbonyl (C=O) groups is 2. The third kappa shape index (κ3) is 5.12. The first-order chi connectivity index (χ1) is 9.56. The zero-order valence-corrected chi connectivity index (χ0v) is 11.7.